The highest BCUT2D eigenvalue weighted by atomic mass is 15.0. The quantitative estimate of drug-likeness (QED) is 0.888. The number of fused-ring (bicyclic) bond motifs is 1. The van der Waals surface area contributed by atoms with Gasteiger partial charge in [0.05, 0.1) is 17.2 Å². The lowest BCUT2D eigenvalue weighted by molar-refractivity contribution is 0.518. The Morgan fingerprint density at radius 2 is 1.89 bits per heavy atom. The van der Waals surface area contributed by atoms with Crippen LogP contribution in [0.5, 0.6) is 0 Å². The second-order valence-electron chi connectivity index (χ2n) is 5.11. The molecule has 0 unspecified atom stereocenters. The molecular weight excluding hydrogens is 222 g/mol. The van der Waals surface area contributed by atoms with Gasteiger partial charge >= 0.3 is 0 Å². The largest absolute Gasteiger partial charge is 0.369 e. The van der Waals surface area contributed by atoms with Crippen molar-refractivity contribution >= 4 is 16.9 Å². The van der Waals surface area contributed by atoms with Crippen LogP contribution in [-0.2, 0) is 0 Å². The topological polar surface area (TPSA) is 37.8 Å². The molecule has 1 saturated carbocycles. The van der Waals surface area contributed by atoms with Crippen molar-refractivity contribution in [3.63, 3.8) is 0 Å². The second kappa shape index (κ2) is 5.34. The number of nitrogens with one attached hydrogen (secondary N) is 1. The van der Waals surface area contributed by atoms with Crippen molar-refractivity contribution in [2.45, 2.75) is 32.1 Å². The molecule has 94 valence electrons. The van der Waals surface area contributed by atoms with Gasteiger partial charge in [0.2, 0.25) is 0 Å². The summed E-state index contributed by atoms with van der Waals surface area (Å²) in [6, 6.07) is 7.98. The molecule has 0 spiro atoms. The summed E-state index contributed by atoms with van der Waals surface area (Å²) in [4.78, 5) is 8.97. The molecule has 0 amide bonds. The van der Waals surface area contributed by atoms with Crippen molar-refractivity contribution in [3.05, 3.63) is 30.5 Å². The van der Waals surface area contributed by atoms with Crippen LogP contribution in [0.1, 0.15) is 32.1 Å². The summed E-state index contributed by atoms with van der Waals surface area (Å²) in [6.07, 6.45) is 8.74. The van der Waals surface area contributed by atoms with Crippen LogP contribution in [0.2, 0.25) is 0 Å². The van der Waals surface area contributed by atoms with Crippen LogP contribution in [-0.4, -0.2) is 16.5 Å². The highest BCUT2D eigenvalue weighted by Gasteiger charge is 2.14. The third-order valence-electron chi connectivity index (χ3n) is 3.78. The monoisotopic (exact) mass is 241 g/mol. The molecule has 18 heavy (non-hydrogen) atoms. The van der Waals surface area contributed by atoms with Crippen LogP contribution in [0, 0.1) is 5.92 Å². The van der Waals surface area contributed by atoms with E-state index in [9.17, 15) is 0 Å². The van der Waals surface area contributed by atoms with E-state index in [2.05, 4.69) is 15.3 Å². The van der Waals surface area contributed by atoms with E-state index in [4.69, 9.17) is 0 Å². The van der Waals surface area contributed by atoms with Gasteiger partial charge in [0.25, 0.3) is 0 Å². The highest BCUT2D eigenvalue weighted by Crippen LogP contribution is 2.27. The van der Waals surface area contributed by atoms with Crippen LogP contribution in [0.4, 0.5) is 5.82 Å². The minimum Gasteiger partial charge on any atom is -0.369 e. The lowest BCUT2D eigenvalue weighted by Gasteiger charge is -2.10. The van der Waals surface area contributed by atoms with E-state index >= 15 is 0 Å². The van der Waals surface area contributed by atoms with Gasteiger partial charge in [0.15, 0.2) is 0 Å². The smallest absolute Gasteiger partial charge is 0.145 e. The zero-order valence-electron chi connectivity index (χ0n) is 10.6. The van der Waals surface area contributed by atoms with E-state index in [1.807, 2.05) is 30.5 Å². The van der Waals surface area contributed by atoms with E-state index in [0.29, 0.717) is 0 Å². The molecule has 2 aromatic rings. The average molecular weight is 241 g/mol. The summed E-state index contributed by atoms with van der Waals surface area (Å²) in [7, 11) is 0. The number of anilines is 1. The highest BCUT2D eigenvalue weighted by molar-refractivity contribution is 5.75. The number of para-hydroxylation sites is 2. The Morgan fingerprint density at radius 1 is 1.11 bits per heavy atom. The summed E-state index contributed by atoms with van der Waals surface area (Å²) < 4.78 is 0. The molecule has 0 radical (unpaired) electrons. The first-order valence-corrected chi connectivity index (χ1v) is 6.87. The number of aromatic nitrogens is 2. The van der Waals surface area contributed by atoms with Gasteiger partial charge in [-0.15, -0.1) is 0 Å². The van der Waals surface area contributed by atoms with E-state index in [-0.39, 0.29) is 0 Å². The Kier molecular flexibility index (Phi) is 3.40. The van der Waals surface area contributed by atoms with Crippen molar-refractivity contribution in [2.24, 2.45) is 5.92 Å². The average Bonchev–Trinajstić information content (AvgIpc) is 2.92. The molecule has 1 N–H and O–H groups in total. The molecule has 3 heteroatoms. The molecule has 1 fully saturated rings. The lowest BCUT2D eigenvalue weighted by Crippen LogP contribution is -2.08. The minimum atomic E-state index is 0.895. The van der Waals surface area contributed by atoms with E-state index < -0.39 is 0 Å². The molecule has 0 aliphatic heterocycles. The van der Waals surface area contributed by atoms with Gasteiger partial charge in [-0.25, -0.2) is 4.98 Å². The Balaban J connectivity index is 1.60. The van der Waals surface area contributed by atoms with Crippen LogP contribution in [0.25, 0.3) is 11.0 Å². The number of benzene rings is 1. The van der Waals surface area contributed by atoms with Gasteiger partial charge in [-0.1, -0.05) is 37.8 Å². The van der Waals surface area contributed by atoms with Crippen molar-refractivity contribution in [1.82, 2.24) is 9.97 Å². The predicted molar refractivity (Wildman–Crippen MR) is 74.6 cm³/mol. The minimum absolute atomic E-state index is 0.895. The van der Waals surface area contributed by atoms with Gasteiger partial charge in [-0.3, -0.25) is 4.98 Å². The number of rotatable bonds is 4. The number of hydrogen-bond donors (Lipinski definition) is 1. The zero-order valence-corrected chi connectivity index (χ0v) is 10.6. The molecule has 1 aliphatic carbocycles. The first-order valence-electron chi connectivity index (χ1n) is 6.87. The fourth-order valence-electron chi connectivity index (χ4n) is 2.75. The molecule has 1 aliphatic rings. The first-order chi connectivity index (χ1) is 8.92. The van der Waals surface area contributed by atoms with Crippen LogP contribution in [0.15, 0.2) is 30.5 Å². The lowest BCUT2D eigenvalue weighted by atomic mass is 10.0. The number of nitrogens with zero attached hydrogens (tertiary/aromatic N) is 2. The third-order valence-corrected chi connectivity index (χ3v) is 3.78. The standard InChI is InChI=1S/C15H19N3/c1-2-6-12(5-1)9-10-16-15-11-17-13-7-3-4-8-14(13)18-15/h3-4,7-8,11-12H,1-2,5-6,9-10H2,(H,16,18). The molecule has 3 nitrogen and oxygen atoms in total. The van der Waals surface area contributed by atoms with E-state index in [1.54, 1.807) is 0 Å². The summed E-state index contributed by atoms with van der Waals surface area (Å²) in [5, 5.41) is 3.39. The molecule has 1 aromatic heterocycles. The Morgan fingerprint density at radius 3 is 2.72 bits per heavy atom. The summed E-state index contributed by atoms with van der Waals surface area (Å²) in [6.45, 7) is 1.01. The van der Waals surface area contributed by atoms with Crippen molar-refractivity contribution in [2.75, 3.05) is 11.9 Å². The van der Waals surface area contributed by atoms with Gasteiger partial charge in [-0.2, -0.15) is 0 Å². The second-order valence-corrected chi connectivity index (χ2v) is 5.11. The number of hydrogen-bond acceptors (Lipinski definition) is 3. The Bertz CT molecular complexity index is 518. The molecular formula is C15H19N3. The molecule has 0 atom stereocenters. The normalized spacial score (nSPS) is 16.2. The predicted octanol–water partition coefficient (Wildman–Crippen LogP) is 3.62. The molecule has 0 bridgehead atoms. The van der Waals surface area contributed by atoms with Crippen LogP contribution < -0.4 is 5.32 Å². The fourth-order valence-corrected chi connectivity index (χ4v) is 2.75. The van der Waals surface area contributed by atoms with E-state index in [1.165, 1.54) is 32.1 Å². The summed E-state index contributed by atoms with van der Waals surface area (Å²) in [5.74, 6) is 1.82. The maximum atomic E-state index is 4.57. The fraction of sp³-hybridized carbons (Fsp3) is 0.467. The van der Waals surface area contributed by atoms with Crippen molar-refractivity contribution in [3.8, 4) is 0 Å². The zero-order chi connectivity index (χ0) is 12.2. The Labute approximate surface area is 108 Å². The molecule has 3 rings (SSSR count). The first kappa shape index (κ1) is 11.5. The Hall–Kier alpha value is -1.64. The molecule has 1 aromatic carbocycles. The van der Waals surface area contributed by atoms with E-state index in [0.717, 1.165) is 29.3 Å². The summed E-state index contributed by atoms with van der Waals surface area (Å²) in [5.41, 5.74) is 1.92. The van der Waals surface area contributed by atoms with Gasteiger partial charge < -0.3 is 5.32 Å². The SMILES string of the molecule is c1ccc2nc(NCCC3CCCC3)cnc2c1. The van der Waals surface area contributed by atoms with Crippen molar-refractivity contribution in [1.29, 1.82) is 0 Å². The van der Waals surface area contributed by atoms with Crippen molar-refractivity contribution < 1.29 is 0 Å². The van der Waals surface area contributed by atoms with Gasteiger partial charge in [-0.05, 0) is 24.5 Å². The van der Waals surface area contributed by atoms with Crippen LogP contribution >= 0.6 is 0 Å². The van der Waals surface area contributed by atoms with Crippen LogP contribution in [0.3, 0.4) is 0 Å². The van der Waals surface area contributed by atoms with Gasteiger partial charge in [0.1, 0.15) is 5.82 Å². The molecule has 1 heterocycles. The third kappa shape index (κ3) is 2.61. The maximum Gasteiger partial charge on any atom is 0.145 e. The summed E-state index contributed by atoms with van der Waals surface area (Å²) >= 11 is 0. The molecule has 0 saturated heterocycles. The van der Waals surface area contributed by atoms with Gasteiger partial charge in [0, 0.05) is 6.54 Å². The maximum absolute atomic E-state index is 4.57.